The molecule has 7 nitrogen and oxygen atoms in total. The molecule has 0 aliphatic carbocycles. The Morgan fingerprint density at radius 2 is 1.96 bits per heavy atom. The first-order valence-electron chi connectivity index (χ1n) is 7.77. The zero-order valence-corrected chi connectivity index (χ0v) is 15.2. The summed E-state index contributed by atoms with van der Waals surface area (Å²) in [6.45, 7) is 11.3. The first-order valence-corrected chi connectivity index (χ1v) is 9.26. The van der Waals surface area contributed by atoms with E-state index in [1.54, 1.807) is 17.8 Å². The van der Waals surface area contributed by atoms with Gasteiger partial charge in [0, 0.05) is 31.5 Å². The lowest BCUT2D eigenvalue weighted by Crippen LogP contribution is -2.30. The number of rotatable bonds is 7. The predicted octanol–water partition coefficient (Wildman–Crippen LogP) is 1.64. The fourth-order valence-corrected chi connectivity index (χ4v) is 3.82. The van der Waals surface area contributed by atoms with Crippen LogP contribution in [-0.2, 0) is 23.1 Å². The zero-order chi connectivity index (χ0) is 17.2. The van der Waals surface area contributed by atoms with E-state index in [1.165, 1.54) is 0 Å². The zero-order valence-electron chi connectivity index (χ0n) is 14.4. The maximum absolute atomic E-state index is 12.4. The van der Waals surface area contributed by atoms with E-state index in [9.17, 15) is 8.42 Å². The average Bonchev–Trinajstić information content (AvgIpc) is 3.00. The van der Waals surface area contributed by atoms with Crippen molar-refractivity contribution in [1.29, 1.82) is 0 Å². The Balaban J connectivity index is 2.01. The normalized spacial score (nSPS) is 13.4. The quantitative estimate of drug-likeness (QED) is 0.831. The molecule has 1 atom stereocenters. The molecule has 0 saturated heterocycles. The van der Waals surface area contributed by atoms with Crippen LogP contribution in [0.4, 0.5) is 0 Å². The molecule has 2 aromatic rings. The van der Waals surface area contributed by atoms with E-state index < -0.39 is 10.0 Å². The molecule has 2 heterocycles. The second-order valence-corrected chi connectivity index (χ2v) is 7.74. The summed E-state index contributed by atoms with van der Waals surface area (Å²) in [7, 11) is -3.54. The first kappa shape index (κ1) is 17.7. The molecule has 23 heavy (non-hydrogen) atoms. The maximum Gasteiger partial charge on any atom is 0.243 e. The summed E-state index contributed by atoms with van der Waals surface area (Å²) in [6, 6.07) is 2.01. The summed E-state index contributed by atoms with van der Waals surface area (Å²) >= 11 is 0. The van der Waals surface area contributed by atoms with Gasteiger partial charge in [0.15, 0.2) is 0 Å². The van der Waals surface area contributed by atoms with Crippen LogP contribution < -0.4 is 4.72 Å². The fourth-order valence-electron chi connectivity index (χ4n) is 2.47. The third kappa shape index (κ3) is 4.20. The van der Waals surface area contributed by atoms with Gasteiger partial charge in [-0.25, -0.2) is 13.1 Å². The van der Waals surface area contributed by atoms with Crippen LogP contribution in [-0.4, -0.2) is 34.5 Å². The van der Waals surface area contributed by atoms with E-state index in [-0.39, 0.29) is 10.8 Å². The van der Waals surface area contributed by atoms with Crippen molar-refractivity contribution in [2.45, 2.75) is 52.6 Å². The molecule has 1 N–H and O–H groups in total. The van der Waals surface area contributed by atoms with Crippen LogP contribution in [0.15, 0.2) is 17.2 Å². The van der Waals surface area contributed by atoms with Gasteiger partial charge in [-0.2, -0.15) is 10.2 Å². The van der Waals surface area contributed by atoms with E-state index in [1.807, 2.05) is 38.4 Å². The van der Waals surface area contributed by atoms with Crippen LogP contribution in [0.5, 0.6) is 0 Å². The Hall–Kier alpha value is -1.67. The molecule has 0 spiro atoms. The summed E-state index contributed by atoms with van der Waals surface area (Å²) < 4.78 is 31.1. The number of aryl methyl sites for hydroxylation is 4. The van der Waals surface area contributed by atoms with Crippen LogP contribution in [0.25, 0.3) is 0 Å². The van der Waals surface area contributed by atoms with Crippen LogP contribution in [0.3, 0.4) is 0 Å². The van der Waals surface area contributed by atoms with E-state index in [0.717, 1.165) is 11.4 Å². The van der Waals surface area contributed by atoms with Gasteiger partial charge in [0.2, 0.25) is 10.0 Å². The molecule has 0 aliphatic heterocycles. The lowest BCUT2D eigenvalue weighted by atomic mass is 10.2. The lowest BCUT2D eigenvalue weighted by Gasteiger charge is -2.14. The van der Waals surface area contributed by atoms with Crippen LogP contribution in [0.2, 0.25) is 0 Å². The summed E-state index contributed by atoms with van der Waals surface area (Å²) in [4.78, 5) is 0.248. The number of nitrogens with one attached hydrogen (secondary N) is 1. The van der Waals surface area contributed by atoms with Crippen molar-refractivity contribution in [3.8, 4) is 0 Å². The van der Waals surface area contributed by atoms with Gasteiger partial charge in [-0.1, -0.05) is 6.92 Å². The third-order valence-corrected chi connectivity index (χ3v) is 5.25. The standard InChI is InChI=1S/C15H25N5O2S/c1-6-19-10-15(14(5)18-19)23(21,22)16-8-11(2)9-20-13(4)7-12(3)17-20/h7,10-11,16H,6,8-9H2,1-5H3/t11-/m0/s1. The van der Waals surface area contributed by atoms with Crippen LogP contribution >= 0.6 is 0 Å². The summed E-state index contributed by atoms with van der Waals surface area (Å²) in [5.41, 5.74) is 2.57. The van der Waals surface area contributed by atoms with Gasteiger partial charge in [0.25, 0.3) is 0 Å². The molecule has 128 valence electrons. The van der Waals surface area contributed by atoms with E-state index in [0.29, 0.717) is 25.3 Å². The summed E-state index contributed by atoms with van der Waals surface area (Å²) in [6.07, 6.45) is 1.57. The molecular formula is C15H25N5O2S. The molecule has 0 amide bonds. The van der Waals surface area contributed by atoms with Crippen molar-refractivity contribution in [2.75, 3.05) is 6.54 Å². The van der Waals surface area contributed by atoms with Crippen molar-refractivity contribution in [1.82, 2.24) is 24.3 Å². The molecule has 0 aromatic carbocycles. The molecule has 0 bridgehead atoms. The van der Waals surface area contributed by atoms with Crippen LogP contribution in [0, 0.1) is 26.7 Å². The van der Waals surface area contributed by atoms with Gasteiger partial charge < -0.3 is 0 Å². The third-order valence-electron chi connectivity index (χ3n) is 3.72. The van der Waals surface area contributed by atoms with Gasteiger partial charge in [0.05, 0.1) is 11.4 Å². The maximum atomic E-state index is 12.4. The highest BCUT2D eigenvalue weighted by molar-refractivity contribution is 7.89. The van der Waals surface area contributed by atoms with Gasteiger partial charge in [0.1, 0.15) is 4.90 Å². The Labute approximate surface area is 137 Å². The van der Waals surface area contributed by atoms with Crippen molar-refractivity contribution in [3.05, 3.63) is 29.3 Å². The molecule has 2 rings (SSSR count). The Morgan fingerprint density at radius 3 is 2.48 bits per heavy atom. The van der Waals surface area contributed by atoms with E-state index in [4.69, 9.17) is 0 Å². The van der Waals surface area contributed by atoms with Gasteiger partial charge in [-0.3, -0.25) is 9.36 Å². The van der Waals surface area contributed by atoms with E-state index >= 15 is 0 Å². The van der Waals surface area contributed by atoms with Gasteiger partial charge in [-0.05, 0) is 39.7 Å². The van der Waals surface area contributed by atoms with E-state index in [2.05, 4.69) is 14.9 Å². The first-order chi connectivity index (χ1) is 10.7. The topological polar surface area (TPSA) is 81.8 Å². The fraction of sp³-hybridized carbons (Fsp3) is 0.600. The van der Waals surface area contributed by atoms with Crippen molar-refractivity contribution >= 4 is 10.0 Å². The lowest BCUT2D eigenvalue weighted by molar-refractivity contribution is 0.436. The van der Waals surface area contributed by atoms with Crippen LogP contribution in [0.1, 0.15) is 30.9 Å². The second-order valence-electron chi connectivity index (χ2n) is 6.00. The predicted molar refractivity (Wildman–Crippen MR) is 88.7 cm³/mol. The number of nitrogens with zero attached hydrogens (tertiary/aromatic N) is 4. The average molecular weight is 339 g/mol. The number of hydrogen-bond donors (Lipinski definition) is 1. The Kier molecular flexibility index (Phi) is 5.26. The highest BCUT2D eigenvalue weighted by atomic mass is 32.2. The van der Waals surface area contributed by atoms with Gasteiger partial charge >= 0.3 is 0 Å². The molecule has 0 fully saturated rings. The molecule has 0 saturated carbocycles. The second kappa shape index (κ2) is 6.84. The molecule has 2 aromatic heterocycles. The number of sulfonamides is 1. The van der Waals surface area contributed by atoms with Gasteiger partial charge in [-0.15, -0.1) is 0 Å². The molecule has 0 unspecified atom stereocenters. The monoisotopic (exact) mass is 339 g/mol. The minimum atomic E-state index is -3.54. The Bertz CT molecular complexity index is 776. The minimum absolute atomic E-state index is 0.129. The largest absolute Gasteiger partial charge is 0.271 e. The smallest absolute Gasteiger partial charge is 0.243 e. The minimum Gasteiger partial charge on any atom is -0.271 e. The molecular weight excluding hydrogens is 314 g/mol. The summed E-state index contributed by atoms with van der Waals surface area (Å²) in [5, 5.41) is 8.60. The number of aromatic nitrogens is 4. The molecule has 8 heteroatoms. The number of hydrogen-bond acceptors (Lipinski definition) is 4. The molecule has 0 aliphatic rings. The highest BCUT2D eigenvalue weighted by Gasteiger charge is 2.21. The Morgan fingerprint density at radius 1 is 1.26 bits per heavy atom. The van der Waals surface area contributed by atoms with Crippen molar-refractivity contribution in [2.24, 2.45) is 5.92 Å². The van der Waals surface area contributed by atoms with Crippen molar-refractivity contribution in [3.63, 3.8) is 0 Å². The SMILES string of the molecule is CCn1cc(S(=O)(=O)NC[C@H](C)Cn2nc(C)cc2C)c(C)n1. The summed E-state index contributed by atoms with van der Waals surface area (Å²) in [5.74, 6) is 0.129. The van der Waals surface area contributed by atoms with Crippen molar-refractivity contribution < 1.29 is 8.42 Å². The molecule has 0 radical (unpaired) electrons. The highest BCUT2D eigenvalue weighted by Crippen LogP contribution is 2.14.